The summed E-state index contributed by atoms with van der Waals surface area (Å²) in [5.74, 6) is 0.741. The van der Waals surface area contributed by atoms with Gasteiger partial charge in [0.2, 0.25) is 0 Å². The molecule has 16 heavy (non-hydrogen) atoms. The maximum absolute atomic E-state index is 5.68. The van der Waals surface area contributed by atoms with Gasteiger partial charge in [0, 0.05) is 38.8 Å². The molecule has 2 saturated heterocycles. The third-order valence-electron chi connectivity index (χ3n) is 3.89. The summed E-state index contributed by atoms with van der Waals surface area (Å²) in [4.78, 5) is 2.60. The Hall–Kier alpha value is -0.120. The molecular weight excluding hydrogens is 200 g/mol. The van der Waals surface area contributed by atoms with Crippen LogP contribution in [0.4, 0.5) is 0 Å². The van der Waals surface area contributed by atoms with Crippen molar-refractivity contribution in [2.75, 3.05) is 32.8 Å². The lowest BCUT2D eigenvalue weighted by Gasteiger charge is -2.36. The lowest BCUT2D eigenvalue weighted by Crippen LogP contribution is -2.53. The first kappa shape index (κ1) is 12.3. The largest absolute Gasteiger partial charge is 0.378 e. The van der Waals surface area contributed by atoms with Crippen molar-refractivity contribution in [2.24, 2.45) is 5.92 Å². The van der Waals surface area contributed by atoms with E-state index in [0.29, 0.717) is 12.1 Å². The Labute approximate surface area is 99.5 Å². The Balaban J connectivity index is 1.68. The second-order valence-electron chi connectivity index (χ2n) is 5.53. The summed E-state index contributed by atoms with van der Waals surface area (Å²) in [5, 5.41) is 3.60. The molecule has 0 radical (unpaired) electrons. The van der Waals surface area contributed by atoms with Gasteiger partial charge in [-0.2, -0.15) is 0 Å². The lowest BCUT2D eigenvalue weighted by atomic mass is 10.0. The van der Waals surface area contributed by atoms with Crippen LogP contribution in [0.25, 0.3) is 0 Å². The Morgan fingerprint density at radius 2 is 2.31 bits per heavy atom. The van der Waals surface area contributed by atoms with Crippen molar-refractivity contribution in [3.63, 3.8) is 0 Å². The van der Waals surface area contributed by atoms with Crippen LogP contribution >= 0.6 is 0 Å². The van der Waals surface area contributed by atoms with E-state index in [4.69, 9.17) is 4.74 Å². The first-order valence-electron chi connectivity index (χ1n) is 6.83. The van der Waals surface area contributed by atoms with Crippen LogP contribution in [0.1, 0.15) is 33.1 Å². The normalized spacial score (nSPS) is 32.4. The molecule has 0 saturated carbocycles. The standard InChI is InChI=1S/C13H26N2O/c1-11(2)13-10-15(8-6-14-13)7-5-12-4-3-9-16-12/h11-14H,3-10H2,1-2H3. The highest BCUT2D eigenvalue weighted by Crippen LogP contribution is 2.16. The average Bonchev–Trinajstić information content (AvgIpc) is 2.79. The highest BCUT2D eigenvalue weighted by molar-refractivity contribution is 4.81. The molecule has 3 nitrogen and oxygen atoms in total. The molecular formula is C13H26N2O. The first-order valence-corrected chi connectivity index (χ1v) is 6.83. The molecule has 0 aromatic carbocycles. The molecule has 2 atom stereocenters. The molecule has 0 spiro atoms. The van der Waals surface area contributed by atoms with E-state index in [1.165, 1.54) is 38.9 Å². The van der Waals surface area contributed by atoms with Crippen molar-refractivity contribution in [2.45, 2.75) is 45.3 Å². The Kier molecular flexibility index (Phi) is 4.62. The van der Waals surface area contributed by atoms with Gasteiger partial charge in [0.05, 0.1) is 6.10 Å². The molecule has 2 heterocycles. The smallest absolute Gasteiger partial charge is 0.0588 e. The summed E-state index contributed by atoms with van der Waals surface area (Å²) in [5.41, 5.74) is 0. The minimum atomic E-state index is 0.549. The van der Waals surface area contributed by atoms with Gasteiger partial charge >= 0.3 is 0 Å². The number of rotatable bonds is 4. The Bertz CT molecular complexity index is 202. The maximum Gasteiger partial charge on any atom is 0.0588 e. The zero-order valence-corrected chi connectivity index (χ0v) is 10.7. The zero-order valence-electron chi connectivity index (χ0n) is 10.7. The van der Waals surface area contributed by atoms with Crippen molar-refractivity contribution >= 4 is 0 Å². The molecule has 0 aromatic rings. The number of ether oxygens (including phenoxy) is 1. The number of hydrogen-bond donors (Lipinski definition) is 1. The lowest BCUT2D eigenvalue weighted by molar-refractivity contribution is 0.0842. The van der Waals surface area contributed by atoms with Crippen molar-refractivity contribution in [1.29, 1.82) is 0 Å². The molecule has 2 rings (SSSR count). The minimum Gasteiger partial charge on any atom is -0.378 e. The predicted octanol–water partition coefficient (Wildman–Crippen LogP) is 1.49. The predicted molar refractivity (Wildman–Crippen MR) is 66.7 cm³/mol. The van der Waals surface area contributed by atoms with E-state index < -0.39 is 0 Å². The monoisotopic (exact) mass is 226 g/mol. The van der Waals surface area contributed by atoms with Gasteiger partial charge in [0.25, 0.3) is 0 Å². The van der Waals surface area contributed by atoms with Gasteiger partial charge in [-0.1, -0.05) is 13.8 Å². The molecule has 0 bridgehead atoms. The van der Waals surface area contributed by atoms with Gasteiger partial charge in [-0.05, 0) is 25.2 Å². The molecule has 2 aliphatic rings. The number of hydrogen-bond acceptors (Lipinski definition) is 3. The fourth-order valence-electron chi connectivity index (χ4n) is 2.69. The topological polar surface area (TPSA) is 24.5 Å². The number of nitrogens with one attached hydrogen (secondary N) is 1. The highest BCUT2D eigenvalue weighted by Gasteiger charge is 2.23. The molecule has 2 aliphatic heterocycles. The molecule has 2 unspecified atom stereocenters. The fraction of sp³-hybridized carbons (Fsp3) is 1.00. The SMILES string of the molecule is CC(C)C1CN(CCC2CCCO2)CCN1. The van der Waals surface area contributed by atoms with E-state index in [9.17, 15) is 0 Å². The van der Waals surface area contributed by atoms with Gasteiger partial charge in [-0.3, -0.25) is 0 Å². The molecule has 0 aliphatic carbocycles. The van der Waals surface area contributed by atoms with Crippen LogP contribution in [0.3, 0.4) is 0 Å². The van der Waals surface area contributed by atoms with Crippen LogP contribution in [0.15, 0.2) is 0 Å². The highest BCUT2D eigenvalue weighted by atomic mass is 16.5. The Morgan fingerprint density at radius 1 is 1.44 bits per heavy atom. The number of piperazine rings is 1. The summed E-state index contributed by atoms with van der Waals surface area (Å²) in [7, 11) is 0. The summed E-state index contributed by atoms with van der Waals surface area (Å²) in [6, 6.07) is 0.679. The molecule has 0 aromatic heterocycles. The van der Waals surface area contributed by atoms with Gasteiger partial charge < -0.3 is 15.0 Å². The average molecular weight is 226 g/mol. The third kappa shape index (κ3) is 3.44. The third-order valence-corrected chi connectivity index (χ3v) is 3.89. The van der Waals surface area contributed by atoms with Crippen molar-refractivity contribution in [3.05, 3.63) is 0 Å². The second kappa shape index (κ2) is 5.99. The maximum atomic E-state index is 5.68. The van der Waals surface area contributed by atoms with E-state index in [0.717, 1.165) is 19.1 Å². The van der Waals surface area contributed by atoms with E-state index in [1.807, 2.05) is 0 Å². The molecule has 0 amide bonds. The minimum absolute atomic E-state index is 0.549. The molecule has 2 fully saturated rings. The van der Waals surface area contributed by atoms with Gasteiger partial charge in [-0.25, -0.2) is 0 Å². The molecule has 94 valence electrons. The van der Waals surface area contributed by atoms with Crippen LogP contribution in [0.5, 0.6) is 0 Å². The number of nitrogens with zero attached hydrogens (tertiary/aromatic N) is 1. The van der Waals surface area contributed by atoms with Crippen LogP contribution in [0, 0.1) is 5.92 Å². The van der Waals surface area contributed by atoms with Crippen LogP contribution in [0.2, 0.25) is 0 Å². The quantitative estimate of drug-likeness (QED) is 0.786. The van der Waals surface area contributed by atoms with Crippen molar-refractivity contribution in [3.8, 4) is 0 Å². The van der Waals surface area contributed by atoms with Crippen LogP contribution in [-0.2, 0) is 4.74 Å². The summed E-state index contributed by atoms with van der Waals surface area (Å²) in [6.07, 6.45) is 4.32. The first-order chi connectivity index (χ1) is 7.75. The van der Waals surface area contributed by atoms with Gasteiger partial charge in [0.15, 0.2) is 0 Å². The van der Waals surface area contributed by atoms with E-state index in [-0.39, 0.29) is 0 Å². The molecule has 3 heteroatoms. The molecule has 1 N–H and O–H groups in total. The van der Waals surface area contributed by atoms with E-state index in [1.54, 1.807) is 0 Å². The van der Waals surface area contributed by atoms with Crippen LogP contribution < -0.4 is 5.32 Å². The summed E-state index contributed by atoms with van der Waals surface area (Å²) in [6.45, 7) is 10.4. The van der Waals surface area contributed by atoms with Crippen LogP contribution in [-0.4, -0.2) is 49.8 Å². The van der Waals surface area contributed by atoms with Crippen molar-refractivity contribution < 1.29 is 4.74 Å². The zero-order chi connectivity index (χ0) is 11.4. The van der Waals surface area contributed by atoms with E-state index >= 15 is 0 Å². The fourth-order valence-corrected chi connectivity index (χ4v) is 2.69. The van der Waals surface area contributed by atoms with Crippen molar-refractivity contribution in [1.82, 2.24) is 10.2 Å². The summed E-state index contributed by atoms with van der Waals surface area (Å²) >= 11 is 0. The van der Waals surface area contributed by atoms with Gasteiger partial charge in [-0.15, -0.1) is 0 Å². The Morgan fingerprint density at radius 3 is 3.00 bits per heavy atom. The van der Waals surface area contributed by atoms with Gasteiger partial charge in [0.1, 0.15) is 0 Å². The van der Waals surface area contributed by atoms with E-state index in [2.05, 4.69) is 24.1 Å². The summed E-state index contributed by atoms with van der Waals surface area (Å²) < 4.78 is 5.68. The second-order valence-corrected chi connectivity index (χ2v) is 5.53.